The van der Waals surface area contributed by atoms with Crippen LogP contribution in [0.2, 0.25) is 0 Å². The SMILES string of the molecule is CCc1cc(C)c(C(N)=O)c(F)c1. The zero-order chi connectivity index (χ0) is 10.0. The molecular formula is C10H12FNO. The van der Waals surface area contributed by atoms with Gasteiger partial charge >= 0.3 is 0 Å². The Kier molecular flexibility index (Phi) is 2.66. The van der Waals surface area contributed by atoms with Gasteiger partial charge in [0.1, 0.15) is 5.82 Å². The number of hydrogen-bond donors (Lipinski definition) is 1. The van der Waals surface area contributed by atoms with Crippen LogP contribution in [-0.4, -0.2) is 5.91 Å². The van der Waals surface area contributed by atoms with E-state index in [0.717, 1.165) is 12.0 Å². The predicted molar refractivity (Wildman–Crippen MR) is 49.0 cm³/mol. The Labute approximate surface area is 76.6 Å². The number of nitrogens with two attached hydrogens (primary N) is 1. The summed E-state index contributed by atoms with van der Waals surface area (Å²) in [4.78, 5) is 10.8. The summed E-state index contributed by atoms with van der Waals surface area (Å²) < 4.78 is 13.2. The fourth-order valence-electron chi connectivity index (χ4n) is 1.33. The van der Waals surface area contributed by atoms with Gasteiger partial charge < -0.3 is 5.73 Å². The molecule has 0 aliphatic carbocycles. The number of amides is 1. The second-order valence-corrected chi connectivity index (χ2v) is 2.99. The van der Waals surface area contributed by atoms with Gasteiger partial charge in [0.25, 0.3) is 5.91 Å². The number of primary amides is 1. The third-order valence-electron chi connectivity index (χ3n) is 2.00. The Bertz CT molecular complexity index is 324. The van der Waals surface area contributed by atoms with Crippen molar-refractivity contribution in [1.82, 2.24) is 0 Å². The van der Waals surface area contributed by atoms with Crippen LogP contribution in [0.4, 0.5) is 4.39 Å². The fraction of sp³-hybridized carbons (Fsp3) is 0.300. The van der Waals surface area contributed by atoms with Gasteiger partial charge in [0.05, 0.1) is 5.56 Å². The Morgan fingerprint density at radius 1 is 1.54 bits per heavy atom. The number of carbonyl (C=O) groups excluding carboxylic acids is 1. The average molecular weight is 181 g/mol. The van der Waals surface area contributed by atoms with E-state index in [1.165, 1.54) is 6.07 Å². The van der Waals surface area contributed by atoms with Crippen LogP contribution in [0, 0.1) is 12.7 Å². The molecule has 0 spiro atoms. The molecule has 0 radical (unpaired) electrons. The van der Waals surface area contributed by atoms with Gasteiger partial charge in [0.15, 0.2) is 0 Å². The van der Waals surface area contributed by atoms with Crippen molar-refractivity contribution in [2.75, 3.05) is 0 Å². The molecule has 0 aliphatic heterocycles. The molecule has 2 N–H and O–H groups in total. The number of rotatable bonds is 2. The molecule has 0 unspecified atom stereocenters. The maximum absolute atomic E-state index is 13.2. The predicted octanol–water partition coefficient (Wildman–Crippen LogP) is 1.80. The molecule has 2 nitrogen and oxygen atoms in total. The Morgan fingerprint density at radius 3 is 2.54 bits per heavy atom. The van der Waals surface area contributed by atoms with E-state index in [1.54, 1.807) is 13.0 Å². The van der Waals surface area contributed by atoms with Gasteiger partial charge in [-0.25, -0.2) is 4.39 Å². The molecule has 0 atom stereocenters. The summed E-state index contributed by atoms with van der Waals surface area (Å²) in [7, 11) is 0. The van der Waals surface area contributed by atoms with Crippen molar-refractivity contribution in [1.29, 1.82) is 0 Å². The largest absolute Gasteiger partial charge is 0.365 e. The molecule has 13 heavy (non-hydrogen) atoms. The van der Waals surface area contributed by atoms with Crippen molar-refractivity contribution < 1.29 is 9.18 Å². The van der Waals surface area contributed by atoms with Crippen molar-refractivity contribution in [2.45, 2.75) is 20.3 Å². The zero-order valence-electron chi connectivity index (χ0n) is 7.73. The van der Waals surface area contributed by atoms with Crippen molar-refractivity contribution in [3.63, 3.8) is 0 Å². The molecule has 3 heteroatoms. The van der Waals surface area contributed by atoms with Crippen molar-refractivity contribution in [3.8, 4) is 0 Å². The smallest absolute Gasteiger partial charge is 0.251 e. The van der Waals surface area contributed by atoms with E-state index in [4.69, 9.17) is 5.73 Å². The second kappa shape index (κ2) is 3.56. The lowest BCUT2D eigenvalue weighted by molar-refractivity contribution is 0.0996. The number of benzene rings is 1. The maximum Gasteiger partial charge on any atom is 0.251 e. The molecule has 0 bridgehead atoms. The summed E-state index contributed by atoms with van der Waals surface area (Å²) in [5.74, 6) is -1.23. The van der Waals surface area contributed by atoms with Crippen LogP contribution in [0.1, 0.15) is 28.4 Å². The quantitative estimate of drug-likeness (QED) is 0.742. The first-order valence-corrected chi connectivity index (χ1v) is 4.15. The Morgan fingerprint density at radius 2 is 2.15 bits per heavy atom. The molecule has 0 fully saturated rings. The molecule has 0 saturated heterocycles. The fourth-order valence-corrected chi connectivity index (χ4v) is 1.33. The van der Waals surface area contributed by atoms with Crippen molar-refractivity contribution in [2.24, 2.45) is 5.73 Å². The first-order valence-electron chi connectivity index (χ1n) is 4.15. The maximum atomic E-state index is 13.2. The van der Waals surface area contributed by atoms with E-state index < -0.39 is 11.7 Å². The molecule has 70 valence electrons. The highest BCUT2D eigenvalue weighted by molar-refractivity contribution is 5.94. The molecule has 1 amide bonds. The third-order valence-corrected chi connectivity index (χ3v) is 2.00. The number of carbonyl (C=O) groups is 1. The van der Waals surface area contributed by atoms with Crippen LogP contribution < -0.4 is 5.73 Å². The Balaban J connectivity index is 3.31. The van der Waals surface area contributed by atoms with E-state index in [-0.39, 0.29) is 5.56 Å². The van der Waals surface area contributed by atoms with Gasteiger partial charge in [0.2, 0.25) is 0 Å². The standard InChI is InChI=1S/C10H12FNO/c1-3-7-4-6(2)9(10(12)13)8(11)5-7/h4-5H,3H2,1-2H3,(H2,12,13). The van der Waals surface area contributed by atoms with Gasteiger partial charge in [-0.15, -0.1) is 0 Å². The highest BCUT2D eigenvalue weighted by atomic mass is 19.1. The van der Waals surface area contributed by atoms with Gasteiger partial charge in [-0.05, 0) is 30.5 Å². The second-order valence-electron chi connectivity index (χ2n) is 2.99. The van der Waals surface area contributed by atoms with Crippen LogP contribution in [0.3, 0.4) is 0 Å². The van der Waals surface area contributed by atoms with Crippen LogP contribution in [0.5, 0.6) is 0 Å². The number of aryl methyl sites for hydroxylation is 2. The molecular weight excluding hydrogens is 169 g/mol. The summed E-state index contributed by atoms with van der Waals surface area (Å²) in [5, 5.41) is 0. The molecule has 1 aromatic carbocycles. The van der Waals surface area contributed by atoms with E-state index in [1.807, 2.05) is 6.92 Å². The molecule has 0 saturated carbocycles. The third kappa shape index (κ3) is 1.86. The van der Waals surface area contributed by atoms with Crippen LogP contribution in [0.15, 0.2) is 12.1 Å². The van der Waals surface area contributed by atoms with Crippen LogP contribution >= 0.6 is 0 Å². The van der Waals surface area contributed by atoms with Gasteiger partial charge in [0, 0.05) is 0 Å². The summed E-state index contributed by atoms with van der Waals surface area (Å²) in [5.41, 5.74) is 6.50. The topological polar surface area (TPSA) is 43.1 Å². The molecule has 0 heterocycles. The van der Waals surface area contributed by atoms with Gasteiger partial charge in [-0.1, -0.05) is 13.0 Å². The Hall–Kier alpha value is -1.38. The van der Waals surface area contributed by atoms with Crippen LogP contribution in [-0.2, 0) is 6.42 Å². The molecule has 1 aromatic rings. The monoisotopic (exact) mass is 181 g/mol. The molecule has 0 aliphatic rings. The van der Waals surface area contributed by atoms with Crippen molar-refractivity contribution in [3.05, 3.63) is 34.6 Å². The minimum atomic E-state index is -0.711. The van der Waals surface area contributed by atoms with Gasteiger partial charge in [-0.3, -0.25) is 4.79 Å². The first kappa shape index (κ1) is 9.71. The number of halogens is 1. The van der Waals surface area contributed by atoms with Gasteiger partial charge in [-0.2, -0.15) is 0 Å². The average Bonchev–Trinajstić information content (AvgIpc) is 2.02. The highest BCUT2D eigenvalue weighted by Crippen LogP contribution is 2.15. The lowest BCUT2D eigenvalue weighted by Crippen LogP contribution is -2.15. The van der Waals surface area contributed by atoms with Crippen molar-refractivity contribution >= 4 is 5.91 Å². The normalized spacial score (nSPS) is 10.1. The lowest BCUT2D eigenvalue weighted by atomic mass is 10.0. The van der Waals surface area contributed by atoms with E-state index >= 15 is 0 Å². The summed E-state index contributed by atoms with van der Waals surface area (Å²) in [6.45, 7) is 3.61. The van der Waals surface area contributed by atoms with E-state index in [9.17, 15) is 9.18 Å². The lowest BCUT2D eigenvalue weighted by Gasteiger charge is -2.05. The summed E-state index contributed by atoms with van der Waals surface area (Å²) in [6, 6.07) is 3.14. The molecule has 1 rings (SSSR count). The first-order chi connectivity index (χ1) is 6.06. The summed E-state index contributed by atoms with van der Waals surface area (Å²) in [6.07, 6.45) is 0.747. The molecule has 0 aromatic heterocycles. The number of hydrogen-bond acceptors (Lipinski definition) is 1. The minimum Gasteiger partial charge on any atom is -0.365 e. The van der Waals surface area contributed by atoms with E-state index in [0.29, 0.717) is 5.56 Å². The van der Waals surface area contributed by atoms with Crippen LogP contribution in [0.25, 0.3) is 0 Å². The highest BCUT2D eigenvalue weighted by Gasteiger charge is 2.12. The van der Waals surface area contributed by atoms with E-state index in [2.05, 4.69) is 0 Å². The zero-order valence-corrected chi connectivity index (χ0v) is 7.73. The minimum absolute atomic E-state index is 0.00259. The summed E-state index contributed by atoms with van der Waals surface area (Å²) >= 11 is 0.